The summed E-state index contributed by atoms with van der Waals surface area (Å²) in [6.07, 6.45) is 1.48. The minimum absolute atomic E-state index is 0.185. The Labute approximate surface area is 77.3 Å². The Hall–Kier alpha value is -0.410. The maximum absolute atomic E-state index is 9.52. The number of aliphatic hydroxyl groups excluding tert-OH is 1. The van der Waals surface area contributed by atoms with Crippen molar-refractivity contribution in [3.63, 3.8) is 0 Å². The average Bonchev–Trinajstić information content (AvgIpc) is 2.37. The first-order valence-electron chi connectivity index (χ1n) is 4.20. The second-order valence-electron chi connectivity index (χ2n) is 3.38. The third-order valence-corrected chi connectivity index (χ3v) is 2.85. The highest BCUT2D eigenvalue weighted by atomic mass is 32.1. The summed E-state index contributed by atoms with van der Waals surface area (Å²) in [6.45, 7) is 6.05. The molecule has 0 amide bonds. The lowest BCUT2D eigenvalue weighted by atomic mass is 9.92. The van der Waals surface area contributed by atoms with Crippen LogP contribution in [0.25, 0.3) is 0 Å². The molecule has 0 saturated heterocycles. The number of rotatable bonds is 3. The number of thiazole rings is 1. The molecule has 0 aliphatic heterocycles. The monoisotopic (exact) mass is 185 g/mol. The molecule has 1 aromatic rings. The van der Waals surface area contributed by atoms with E-state index >= 15 is 0 Å². The molecule has 0 radical (unpaired) electrons. The van der Waals surface area contributed by atoms with Crippen LogP contribution in [0, 0.1) is 5.92 Å². The minimum atomic E-state index is -0.309. The highest BCUT2D eigenvalue weighted by Crippen LogP contribution is 2.28. The fraction of sp³-hybridized carbons (Fsp3) is 0.667. The highest BCUT2D eigenvalue weighted by Gasteiger charge is 2.22. The fourth-order valence-electron chi connectivity index (χ4n) is 1.45. The molecule has 2 atom stereocenters. The molecule has 0 saturated carbocycles. The molecule has 12 heavy (non-hydrogen) atoms. The van der Waals surface area contributed by atoms with Crippen molar-refractivity contribution < 1.29 is 5.11 Å². The van der Waals surface area contributed by atoms with Gasteiger partial charge in [0, 0.05) is 17.5 Å². The van der Waals surface area contributed by atoms with Crippen LogP contribution in [0.4, 0.5) is 0 Å². The quantitative estimate of drug-likeness (QED) is 0.783. The Bertz CT molecular complexity index is 210. The maximum atomic E-state index is 9.52. The van der Waals surface area contributed by atoms with Crippen LogP contribution in [-0.4, -0.2) is 16.2 Å². The van der Waals surface area contributed by atoms with Crippen molar-refractivity contribution in [2.75, 3.05) is 0 Å². The summed E-state index contributed by atoms with van der Waals surface area (Å²) in [4.78, 5) is 4.22. The van der Waals surface area contributed by atoms with Crippen molar-refractivity contribution in [3.8, 4) is 0 Å². The van der Waals surface area contributed by atoms with Crippen molar-refractivity contribution in [2.24, 2.45) is 5.92 Å². The van der Waals surface area contributed by atoms with Gasteiger partial charge in [-0.1, -0.05) is 13.8 Å². The molecule has 0 aliphatic rings. The van der Waals surface area contributed by atoms with Crippen LogP contribution in [0.1, 0.15) is 31.7 Å². The second kappa shape index (κ2) is 4.01. The molecule has 68 valence electrons. The van der Waals surface area contributed by atoms with Gasteiger partial charge in [-0.3, -0.25) is 0 Å². The summed E-state index contributed by atoms with van der Waals surface area (Å²) in [7, 11) is 0. The van der Waals surface area contributed by atoms with E-state index in [0.29, 0.717) is 5.92 Å². The van der Waals surface area contributed by atoms with Crippen molar-refractivity contribution in [1.82, 2.24) is 4.98 Å². The standard InChI is InChI=1S/C9H15NOS/c1-6(2)8(7(3)11)9-10-4-5-12-9/h4-8,11H,1-3H3. The van der Waals surface area contributed by atoms with Gasteiger partial charge in [0.15, 0.2) is 0 Å². The van der Waals surface area contributed by atoms with Gasteiger partial charge >= 0.3 is 0 Å². The Morgan fingerprint density at radius 2 is 2.08 bits per heavy atom. The van der Waals surface area contributed by atoms with Gasteiger partial charge in [0.05, 0.1) is 11.1 Å². The number of hydrogen-bond donors (Lipinski definition) is 1. The van der Waals surface area contributed by atoms with E-state index in [2.05, 4.69) is 18.8 Å². The van der Waals surface area contributed by atoms with Crippen LogP contribution in [0.3, 0.4) is 0 Å². The van der Waals surface area contributed by atoms with Gasteiger partial charge in [0.1, 0.15) is 0 Å². The van der Waals surface area contributed by atoms with Crippen molar-refractivity contribution in [3.05, 3.63) is 16.6 Å². The first-order valence-corrected chi connectivity index (χ1v) is 5.08. The summed E-state index contributed by atoms with van der Waals surface area (Å²) < 4.78 is 0. The molecule has 0 aliphatic carbocycles. The molecule has 3 heteroatoms. The zero-order chi connectivity index (χ0) is 9.14. The molecule has 1 rings (SSSR count). The fourth-order valence-corrected chi connectivity index (χ4v) is 2.46. The van der Waals surface area contributed by atoms with Crippen LogP contribution in [0.5, 0.6) is 0 Å². The average molecular weight is 185 g/mol. The van der Waals surface area contributed by atoms with E-state index in [-0.39, 0.29) is 12.0 Å². The van der Waals surface area contributed by atoms with E-state index in [0.717, 1.165) is 5.01 Å². The smallest absolute Gasteiger partial charge is 0.0984 e. The van der Waals surface area contributed by atoms with Gasteiger partial charge in [0.2, 0.25) is 0 Å². The molecular formula is C9H15NOS. The minimum Gasteiger partial charge on any atom is -0.393 e. The Morgan fingerprint density at radius 3 is 2.42 bits per heavy atom. The van der Waals surface area contributed by atoms with E-state index in [9.17, 15) is 5.11 Å². The zero-order valence-electron chi connectivity index (χ0n) is 7.69. The summed E-state index contributed by atoms with van der Waals surface area (Å²) in [5, 5.41) is 12.5. The van der Waals surface area contributed by atoms with Crippen LogP contribution in [-0.2, 0) is 0 Å². The van der Waals surface area contributed by atoms with Crippen LogP contribution in [0.2, 0.25) is 0 Å². The SMILES string of the molecule is CC(C)C(c1nccs1)C(C)O. The molecule has 0 aromatic carbocycles. The lowest BCUT2D eigenvalue weighted by Crippen LogP contribution is -2.19. The topological polar surface area (TPSA) is 33.1 Å². The summed E-state index contributed by atoms with van der Waals surface area (Å²) in [5.41, 5.74) is 0. The van der Waals surface area contributed by atoms with E-state index < -0.39 is 0 Å². The van der Waals surface area contributed by atoms with Crippen LogP contribution >= 0.6 is 11.3 Å². The van der Waals surface area contributed by atoms with Crippen molar-refractivity contribution >= 4 is 11.3 Å². The van der Waals surface area contributed by atoms with E-state index in [1.807, 2.05) is 12.3 Å². The second-order valence-corrected chi connectivity index (χ2v) is 4.31. The van der Waals surface area contributed by atoms with Crippen molar-refractivity contribution in [2.45, 2.75) is 32.8 Å². The highest BCUT2D eigenvalue weighted by molar-refractivity contribution is 7.09. The molecule has 0 spiro atoms. The summed E-state index contributed by atoms with van der Waals surface area (Å²) in [6, 6.07) is 0. The predicted octanol–water partition coefficient (Wildman–Crippen LogP) is 2.26. The third-order valence-electron chi connectivity index (χ3n) is 1.97. The van der Waals surface area contributed by atoms with Gasteiger partial charge in [-0.25, -0.2) is 4.98 Å². The Balaban J connectivity index is 2.81. The molecule has 2 nitrogen and oxygen atoms in total. The molecular weight excluding hydrogens is 170 g/mol. The lowest BCUT2D eigenvalue weighted by Gasteiger charge is -2.20. The number of nitrogens with zero attached hydrogens (tertiary/aromatic N) is 1. The van der Waals surface area contributed by atoms with Gasteiger partial charge in [-0.05, 0) is 12.8 Å². The molecule has 0 fully saturated rings. The summed E-state index contributed by atoms with van der Waals surface area (Å²) in [5.74, 6) is 0.626. The lowest BCUT2D eigenvalue weighted by molar-refractivity contribution is 0.140. The normalized spacial score (nSPS) is 16.4. The number of aromatic nitrogens is 1. The van der Waals surface area contributed by atoms with Gasteiger partial charge < -0.3 is 5.11 Å². The molecule has 1 aromatic heterocycles. The molecule has 1 N–H and O–H groups in total. The summed E-state index contributed by atoms with van der Waals surface area (Å²) >= 11 is 1.62. The number of aliphatic hydroxyl groups is 1. The third kappa shape index (κ3) is 2.05. The molecule has 0 bridgehead atoms. The van der Waals surface area contributed by atoms with Crippen molar-refractivity contribution in [1.29, 1.82) is 0 Å². The van der Waals surface area contributed by atoms with E-state index in [1.54, 1.807) is 17.5 Å². The largest absolute Gasteiger partial charge is 0.393 e. The maximum Gasteiger partial charge on any atom is 0.0984 e. The predicted molar refractivity (Wildman–Crippen MR) is 51.4 cm³/mol. The number of hydrogen-bond acceptors (Lipinski definition) is 3. The first kappa shape index (κ1) is 9.68. The van der Waals surface area contributed by atoms with Gasteiger partial charge in [-0.2, -0.15) is 0 Å². The van der Waals surface area contributed by atoms with Crippen LogP contribution in [0.15, 0.2) is 11.6 Å². The Morgan fingerprint density at radius 1 is 1.42 bits per heavy atom. The first-order chi connectivity index (χ1) is 5.63. The van der Waals surface area contributed by atoms with E-state index in [1.165, 1.54) is 0 Å². The molecule has 1 heterocycles. The van der Waals surface area contributed by atoms with E-state index in [4.69, 9.17) is 0 Å². The molecule has 2 unspecified atom stereocenters. The Kier molecular flexibility index (Phi) is 3.23. The zero-order valence-corrected chi connectivity index (χ0v) is 8.51. The van der Waals surface area contributed by atoms with Gasteiger partial charge in [0.25, 0.3) is 0 Å². The van der Waals surface area contributed by atoms with Gasteiger partial charge in [-0.15, -0.1) is 11.3 Å². The van der Waals surface area contributed by atoms with Crippen LogP contribution < -0.4 is 0 Å².